The minimum absolute atomic E-state index is 0.0728. The number of carboxylic acids is 1. The molecule has 1 aromatic rings. The van der Waals surface area contributed by atoms with Crippen molar-refractivity contribution in [1.29, 1.82) is 0 Å². The second kappa shape index (κ2) is 12.0. The van der Waals surface area contributed by atoms with E-state index in [1.54, 1.807) is 15.9 Å². The smallest absolute Gasteiger partial charge is 0.308 e. The summed E-state index contributed by atoms with van der Waals surface area (Å²) in [6, 6.07) is 7.10. The lowest BCUT2D eigenvalue weighted by atomic mass is 9.71. The van der Waals surface area contributed by atoms with Crippen LogP contribution in [0.1, 0.15) is 39.5 Å². The first-order valence-electron chi connectivity index (χ1n) is 13.5. The summed E-state index contributed by atoms with van der Waals surface area (Å²) in [6.07, 6.45) is 4.23. The van der Waals surface area contributed by atoms with Gasteiger partial charge in [0.25, 0.3) is 5.91 Å². The van der Waals surface area contributed by atoms with Crippen molar-refractivity contribution in [2.75, 3.05) is 42.6 Å². The number of halogens is 1. The summed E-state index contributed by atoms with van der Waals surface area (Å²) in [5.74, 6) is -2.96. The van der Waals surface area contributed by atoms with E-state index in [4.69, 9.17) is 0 Å². The highest BCUT2D eigenvalue weighted by Gasteiger charge is 2.76. The third-order valence-corrected chi connectivity index (χ3v) is 11.5. The Morgan fingerprint density at radius 3 is 2.42 bits per heavy atom. The second-order valence-corrected chi connectivity index (χ2v) is 13.0. The molecule has 3 saturated heterocycles. The van der Waals surface area contributed by atoms with E-state index in [0.717, 1.165) is 30.9 Å². The Labute approximate surface area is 237 Å². The van der Waals surface area contributed by atoms with Gasteiger partial charge in [-0.25, -0.2) is 0 Å². The minimum atomic E-state index is -0.977. The maximum Gasteiger partial charge on any atom is 0.308 e. The van der Waals surface area contributed by atoms with E-state index in [1.807, 2.05) is 24.3 Å². The topological polar surface area (TPSA) is 101 Å². The van der Waals surface area contributed by atoms with Crippen LogP contribution in [-0.4, -0.2) is 86.5 Å². The molecule has 0 saturated carbocycles. The Kier molecular flexibility index (Phi) is 9.15. The number of hydrogen-bond acceptors (Lipinski definition) is 6. The molecule has 0 radical (unpaired) electrons. The maximum atomic E-state index is 14.5. The van der Waals surface area contributed by atoms with Crippen LogP contribution in [0.15, 0.2) is 36.9 Å². The first-order valence-corrected chi connectivity index (χ1v) is 15.3. The predicted octanol–water partition coefficient (Wildman–Crippen LogP) is 3.76. The van der Waals surface area contributed by atoms with Gasteiger partial charge in [0.2, 0.25) is 5.91 Å². The quantitative estimate of drug-likeness (QED) is 0.200. The fraction of sp³-hybridized carbons (Fsp3) is 0.607. The Morgan fingerprint density at radius 2 is 1.84 bits per heavy atom. The number of nitrogens with zero attached hydrogens (tertiary/aromatic N) is 3. The Balaban J connectivity index is 1.72. The number of thioether (sulfide) groups is 1. The summed E-state index contributed by atoms with van der Waals surface area (Å²) in [5.41, 5.74) is 1.79. The number of hydrogen-bond donors (Lipinski definition) is 2. The number of benzene rings is 1. The van der Waals surface area contributed by atoms with Gasteiger partial charge in [0, 0.05) is 54.2 Å². The molecule has 1 spiro atoms. The summed E-state index contributed by atoms with van der Waals surface area (Å²) < 4.78 is -0.798. The largest absolute Gasteiger partial charge is 0.481 e. The van der Waals surface area contributed by atoms with Gasteiger partial charge in [-0.2, -0.15) is 0 Å². The van der Waals surface area contributed by atoms with Gasteiger partial charge >= 0.3 is 5.97 Å². The van der Waals surface area contributed by atoms with Crippen LogP contribution in [0, 0.1) is 11.8 Å². The third-order valence-electron chi connectivity index (χ3n) is 8.23. The monoisotopic (exact) mass is 607 g/mol. The lowest BCUT2D eigenvalue weighted by Crippen LogP contribution is -2.55. The Morgan fingerprint density at radius 1 is 1.18 bits per heavy atom. The Hall–Kier alpha value is -2.04. The van der Waals surface area contributed by atoms with E-state index in [0.29, 0.717) is 25.8 Å². The van der Waals surface area contributed by atoms with Gasteiger partial charge < -0.3 is 24.9 Å². The molecular formula is C28H38BrN3O5S. The van der Waals surface area contributed by atoms with Crippen molar-refractivity contribution in [1.82, 2.24) is 4.90 Å². The number of carbonyl (C=O) groups is 3. The number of aliphatic hydroxyl groups is 1. The summed E-state index contributed by atoms with van der Waals surface area (Å²) in [4.78, 5) is 46.2. The van der Waals surface area contributed by atoms with Gasteiger partial charge in [-0.05, 0) is 63.8 Å². The van der Waals surface area contributed by atoms with Crippen molar-refractivity contribution in [2.45, 2.75) is 60.4 Å². The van der Waals surface area contributed by atoms with Crippen LogP contribution in [0.25, 0.3) is 0 Å². The fourth-order valence-electron chi connectivity index (χ4n) is 6.53. The van der Waals surface area contributed by atoms with Gasteiger partial charge in [0.05, 0.1) is 16.6 Å². The van der Waals surface area contributed by atoms with Crippen molar-refractivity contribution < 1.29 is 24.6 Å². The molecule has 6 atom stereocenters. The molecule has 3 heterocycles. The lowest BCUT2D eigenvalue weighted by Gasteiger charge is -2.37. The molecule has 3 fully saturated rings. The highest BCUT2D eigenvalue weighted by atomic mass is 79.9. The van der Waals surface area contributed by atoms with Crippen LogP contribution in [0.5, 0.6) is 0 Å². The van der Waals surface area contributed by atoms with E-state index in [9.17, 15) is 24.6 Å². The minimum Gasteiger partial charge on any atom is -0.481 e. The van der Waals surface area contributed by atoms with Gasteiger partial charge in [-0.15, -0.1) is 18.3 Å². The lowest BCUT2D eigenvalue weighted by molar-refractivity contribution is -0.148. The average Bonchev–Trinajstić information content (AvgIpc) is 3.49. The molecule has 3 unspecified atom stereocenters. The van der Waals surface area contributed by atoms with Gasteiger partial charge in [0.15, 0.2) is 0 Å². The predicted molar refractivity (Wildman–Crippen MR) is 155 cm³/mol. The molecule has 10 heteroatoms. The number of alkyl halides is 1. The number of aliphatic carboxylic acids is 1. The van der Waals surface area contributed by atoms with E-state index >= 15 is 0 Å². The van der Waals surface area contributed by atoms with Crippen molar-refractivity contribution in [3.05, 3.63) is 36.9 Å². The molecular weight excluding hydrogens is 570 g/mol. The third kappa shape index (κ3) is 4.88. The zero-order chi connectivity index (χ0) is 27.6. The Bertz CT molecular complexity index is 1050. The molecule has 208 valence electrons. The number of carbonyl (C=O) groups excluding carboxylic acids is 2. The summed E-state index contributed by atoms with van der Waals surface area (Å²) in [7, 11) is 0. The van der Waals surface area contributed by atoms with E-state index < -0.39 is 28.6 Å². The maximum absolute atomic E-state index is 14.5. The van der Waals surface area contributed by atoms with Crippen LogP contribution in [0.4, 0.5) is 11.4 Å². The SMILES string of the molecule is C=CCN(C(=O)C1N(CCCCCO)C(=O)[C@@H]2[C@H](C(=O)O)[C@H]3SC12CC3Br)c1ccc(N(CC)CC)cc1. The normalized spacial score (nSPS) is 29.4. The van der Waals surface area contributed by atoms with Crippen molar-refractivity contribution >= 4 is 56.9 Å². The van der Waals surface area contributed by atoms with E-state index in [2.05, 4.69) is 41.3 Å². The molecule has 2 bridgehead atoms. The van der Waals surface area contributed by atoms with Crippen molar-refractivity contribution in [2.24, 2.45) is 11.8 Å². The fourth-order valence-corrected chi connectivity index (χ4v) is 10.1. The summed E-state index contributed by atoms with van der Waals surface area (Å²) >= 11 is 5.20. The first-order chi connectivity index (χ1) is 18.2. The van der Waals surface area contributed by atoms with Crippen LogP contribution < -0.4 is 9.80 Å². The molecule has 2 amide bonds. The zero-order valence-electron chi connectivity index (χ0n) is 22.1. The molecule has 1 aromatic carbocycles. The summed E-state index contributed by atoms with van der Waals surface area (Å²) in [6.45, 7) is 10.5. The number of rotatable bonds is 13. The van der Waals surface area contributed by atoms with Crippen LogP contribution in [0.2, 0.25) is 0 Å². The second-order valence-electron chi connectivity index (χ2n) is 10.2. The number of unbranched alkanes of at least 4 members (excludes halogenated alkanes) is 2. The number of anilines is 2. The number of carboxylic acid groups (broad SMARTS) is 1. The van der Waals surface area contributed by atoms with Crippen molar-refractivity contribution in [3.8, 4) is 0 Å². The highest BCUT2D eigenvalue weighted by molar-refractivity contribution is 9.09. The highest BCUT2D eigenvalue weighted by Crippen LogP contribution is 2.67. The molecule has 3 aliphatic rings. The van der Waals surface area contributed by atoms with Gasteiger partial charge in [-0.1, -0.05) is 22.0 Å². The number of fused-ring (bicyclic) bond motifs is 1. The van der Waals surface area contributed by atoms with E-state index in [-0.39, 0.29) is 35.0 Å². The molecule has 2 N–H and O–H groups in total. The van der Waals surface area contributed by atoms with Crippen LogP contribution in [0.3, 0.4) is 0 Å². The molecule has 0 aliphatic carbocycles. The van der Waals surface area contributed by atoms with Crippen LogP contribution in [-0.2, 0) is 14.4 Å². The molecule has 4 rings (SSSR count). The van der Waals surface area contributed by atoms with Gasteiger partial charge in [0.1, 0.15) is 6.04 Å². The summed E-state index contributed by atoms with van der Waals surface area (Å²) in [5, 5.41) is 19.1. The number of amides is 2. The molecule has 8 nitrogen and oxygen atoms in total. The van der Waals surface area contributed by atoms with Gasteiger partial charge in [-0.3, -0.25) is 14.4 Å². The standard InChI is InChI=1S/C28H38BrN3O5S/c1-4-14-31(19-12-10-18(11-13-19)30(5-2)6-3)26(35)24-28-17-20(29)23(38-28)21(27(36)37)22(28)25(34)32(24)15-8-7-9-16-33/h4,10-13,20-24,33H,1,5-9,14-17H2,2-3H3,(H,36,37)/t20?,21-,22-,23-,24?,28?/m0/s1. The molecule has 38 heavy (non-hydrogen) atoms. The van der Waals surface area contributed by atoms with E-state index in [1.165, 1.54) is 11.8 Å². The number of likely N-dealkylation sites (tertiary alicyclic amines) is 1. The number of aliphatic hydroxyl groups excluding tert-OH is 1. The molecule has 0 aromatic heterocycles. The van der Waals surface area contributed by atoms with Crippen LogP contribution >= 0.6 is 27.7 Å². The zero-order valence-corrected chi connectivity index (χ0v) is 24.5. The average molecular weight is 609 g/mol. The first kappa shape index (κ1) is 29.0. The molecule has 3 aliphatic heterocycles. The van der Waals surface area contributed by atoms with Crippen molar-refractivity contribution in [3.63, 3.8) is 0 Å².